The van der Waals surface area contributed by atoms with Gasteiger partial charge in [0, 0.05) is 38.6 Å². The van der Waals surface area contributed by atoms with Crippen molar-refractivity contribution in [2.24, 2.45) is 11.3 Å². The highest BCUT2D eigenvalue weighted by Crippen LogP contribution is 2.54. The Morgan fingerprint density at radius 2 is 2.00 bits per heavy atom. The van der Waals surface area contributed by atoms with Crippen LogP contribution in [-0.2, 0) is 9.53 Å². The van der Waals surface area contributed by atoms with Crippen LogP contribution in [-0.4, -0.2) is 85.7 Å². The topological polar surface area (TPSA) is 73.9 Å². The number of carbonyl (C=O) groups is 2. The fourth-order valence-corrected chi connectivity index (χ4v) is 6.20. The molecule has 3 aliphatic heterocycles. The molecule has 0 radical (unpaired) electrons. The molecule has 9 heteroatoms. The van der Waals surface area contributed by atoms with E-state index in [9.17, 15) is 18.4 Å². The maximum absolute atomic E-state index is 14.1. The third-order valence-corrected chi connectivity index (χ3v) is 7.66. The Morgan fingerprint density at radius 3 is 2.70 bits per heavy atom. The summed E-state index contributed by atoms with van der Waals surface area (Å²) in [6.45, 7) is 4.19. The number of rotatable bonds is 4. The molecule has 0 aromatic rings. The van der Waals surface area contributed by atoms with Gasteiger partial charge < -0.3 is 20.3 Å². The predicted molar refractivity (Wildman–Crippen MR) is 107 cm³/mol. The molecule has 7 nitrogen and oxygen atoms in total. The number of nitrogens with one attached hydrogen (secondary N) is 2. The van der Waals surface area contributed by atoms with Crippen molar-refractivity contribution < 1.29 is 23.1 Å². The Labute approximate surface area is 176 Å². The summed E-state index contributed by atoms with van der Waals surface area (Å²) in [4.78, 5) is 27.8. The van der Waals surface area contributed by atoms with E-state index in [2.05, 4.69) is 10.6 Å². The molecule has 3 atom stereocenters. The second kappa shape index (κ2) is 8.22. The predicted octanol–water partition coefficient (Wildman–Crippen LogP) is 1.82. The first kappa shape index (κ1) is 21.7. The first-order valence-electron chi connectivity index (χ1n) is 11.3. The summed E-state index contributed by atoms with van der Waals surface area (Å²) < 4.78 is 33.3. The number of likely N-dealkylation sites (tertiary alicyclic amines) is 2. The fraction of sp³-hybridized carbons (Fsp3) is 0.905. The zero-order valence-corrected chi connectivity index (χ0v) is 18.0. The van der Waals surface area contributed by atoms with E-state index in [-0.39, 0.29) is 36.0 Å². The Kier molecular flexibility index (Phi) is 5.96. The molecule has 3 saturated heterocycles. The SMILES string of the molecule is CCOC(=O)N1CCC2(CC(C3CC(N4CC(F)(F)C[C@@H]4C(=O)NC)CCN3)C2)C1. The minimum Gasteiger partial charge on any atom is -0.450 e. The second-order valence-electron chi connectivity index (χ2n) is 9.64. The first-order chi connectivity index (χ1) is 14.3. The highest BCUT2D eigenvalue weighted by molar-refractivity contribution is 5.82. The van der Waals surface area contributed by atoms with Crippen LogP contribution in [0.2, 0.25) is 0 Å². The average molecular weight is 429 g/mol. The van der Waals surface area contributed by atoms with Gasteiger partial charge in [0.05, 0.1) is 19.2 Å². The summed E-state index contributed by atoms with van der Waals surface area (Å²) in [6.07, 6.45) is 4.10. The van der Waals surface area contributed by atoms with Crippen LogP contribution < -0.4 is 10.6 Å². The summed E-state index contributed by atoms with van der Waals surface area (Å²) in [5.74, 6) is -2.62. The number of piperidine rings is 1. The van der Waals surface area contributed by atoms with E-state index in [0.29, 0.717) is 12.5 Å². The van der Waals surface area contributed by atoms with Gasteiger partial charge in [-0.15, -0.1) is 0 Å². The third-order valence-electron chi connectivity index (χ3n) is 7.66. The van der Waals surface area contributed by atoms with Gasteiger partial charge in [-0.2, -0.15) is 0 Å². The normalized spacial score (nSPS) is 38.5. The summed E-state index contributed by atoms with van der Waals surface area (Å²) in [5.41, 5.74) is 0.192. The molecule has 170 valence electrons. The van der Waals surface area contributed by atoms with Crippen LogP contribution in [0.25, 0.3) is 0 Å². The number of hydrogen-bond donors (Lipinski definition) is 2. The summed E-state index contributed by atoms with van der Waals surface area (Å²) in [7, 11) is 1.51. The minimum atomic E-state index is -2.81. The smallest absolute Gasteiger partial charge is 0.409 e. The average Bonchev–Trinajstić information content (AvgIpc) is 3.28. The van der Waals surface area contributed by atoms with Crippen LogP contribution >= 0.6 is 0 Å². The number of halogens is 2. The van der Waals surface area contributed by atoms with Crippen molar-refractivity contribution >= 4 is 12.0 Å². The number of nitrogens with zero attached hydrogens (tertiary/aromatic N) is 2. The van der Waals surface area contributed by atoms with Gasteiger partial charge in [0.15, 0.2) is 0 Å². The number of likely N-dealkylation sites (N-methyl/N-ethyl adjacent to an activating group) is 1. The van der Waals surface area contributed by atoms with Crippen molar-refractivity contribution in [3.8, 4) is 0 Å². The Balaban J connectivity index is 1.33. The molecule has 0 aromatic heterocycles. The molecule has 4 fully saturated rings. The van der Waals surface area contributed by atoms with Crippen LogP contribution in [0.3, 0.4) is 0 Å². The van der Waals surface area contributed by atoms with E-state index in [1.54, 1.807) is 4.90 Å². The van der Waals surface area contributed by atoms with Gasteiger partial charge in [0.25, 0.3) is 5.92 Å². The van der Waals surface area contributed by atoms with E-state index in [4.69, 9.17) is 4.74 Å². The maximum atomic E-state index is 14.1. The van der Waals surface area contributed by atoms with E-state index >= 15 is 0 Å². The number of hydrogen-bond acceptors (Lipinski definition) is 5. The minimum absolute atomic E-state index is 0.00286. The monoisotopic (exact) mass is 428 g/mol. The van der Waals surface area contributed by atoms with Gasteiger partial charge in [0.1, 0.15) is 0 Å². The number of ether oxygens (including phenoxy) is 1. The Bertz CT molecular complexity index is 671. The molecular formula is C21H34F2N4O3. The van der Waals surface area contributed by atoms with Crippen molar-refractivity contribution in [3.05, 3.63) is 0 Å². The maximum Gasteiger partial charge on any atom is 0.409 e. The van der Waals surface area contributed by atoms with Crippen LogP contribution in [0.15, 0.2) is 0 Å². The van der Waals surface area contributed by atoms with Gasteiger partial charge >= 0.3 is 6.09 Å². The zero-order chi connectivity index (χ0) is 21.5. The molecule has 1 spiro atoms. The lowest BCUT2D eigenvalue weighted by Gasteiger charge is -2.51. The van der Waals surface area contributed by atoms with E-state index in [1.165, 1.54) is 7.05 Å². The summed E-state index contributed by atoms with van der Waals surface area (Å²) in [6, 6.07) is -0.455. The standard InChI is InChI=1S/C21H34F2N4O3/c1-3-30-19(29)26-7-5-20(12-26)9-14(10-20)16-8-15(4-6-25-16)27-13-21(22,23)11-17(27)18(28)24-2/h14-17,25H,3-13H2,1-2H3,(H,24,28)/t14?,15?,16?,17-,20?/m1/s1. The molecule has 0 bridgehead atoms. The van der Waals surface area contributed by atoms with Gasteiger partial charge in [-0.1, -0.05) is 0 Å². The Morgan fingerprint density at radius 1 is 1.23 bits per heavy atom. The molecule has 2 unspecified atom stereocenters. The van der Waals surface area contributed by atoms with Crippen molar-refractivity contribution in [2.45, 2.75) is 69.5 Å². The second-order valence-corrected chi connectivity index (χ2v) is 9.64. The highest BCUT2D eigenvalue weighted by Gasteiger charge is 2.54. The fourth-order valence-electron chi connectivity index (χ4n) is 6.20. The van der Waals surface area contributed by atoms with Gasteiger partial charge in [0.2, 0.25) is 5.91 Å². The van der Waals surface area contributed by atoms with E-state index in [1.807, 2.05) is 11.8 Å². The molecular weight excluding hydrogens is 394 g/mol. The van der Waals surface area contributed by atoms with Gasteiger partial charge in [-0.25, -0.2) is 13.6 Å². The van der Waals surface area contributed by atoms with Crippen molar-refractivity contribution in [1.82, 2.24) is 20.4 Å². The van der Waals surface area contributed by atoms with E-state index < -0.39 is 18.4 Å². The zero-order valence-electron chi connectivity index (χ0n) is 18.0. The lowest BCUT2D eigenvalue weighted by atomic mass is 9.58. The molecule has 0 aromatic carbocycles. The number of amides is 2. The lowest BCUT2D eigenvalue weighted by Crippen LogP contribution is -2.57. The van der Waals surface area contributed by atoms with Crippen molar-refractivity contribution in [2.75, 3.05) is 39.8 Å². The van der Waals surface area contributed by atoms with Crippen LogP contribution in [0.4, 0.5) is 13.6 Å². The molecule has 1 saturated carbocycles. The van der Waals surface area contributed by atoms with Crippen LogP contribution in [0, 0.1) is 11.3 Å². The molecule has 2 amide bonds. The molecule has 4 aliphatic rings. The molecule has 30 heavy (non-hydrogen) atoms. The lowest BCUT2D eigenvalue weighted by molar-refractivity contribution is -0.126. The molecule has 2 N–H and O–H groups in total. The van der Waals surface area contributed by atoms with Crippen LogP contribution in [0.1, 0.15) is 45.4 Å². The Hall–Kier alpha value is -1.48. The summed E-state index contributed by atoms with van der Waals surface area (Å²) in [5, 5.41) is 6.15. The van der Waals surface area contributed by atoms with Gasteiger partial charge in [-0.3, -0.25) is 9.69 Å². The third kappa shape index (κ3) is 4.15. The highest BCUT2D eigenvalue weighted by atomic mass is 19.3. The van der Waals surface area contributed by atoms with Crippen molar-refractivity contribution in [1.29, 1.82) is 0 Å². The largest absolute Gasteiger partial charge is 0.450 e. The van der Waals surface area contributed by atoms with E-state index in [0.717, 1.165) is 51.7 Å². The number of alkyl halides is 2. The molecule has 1 aliphatic carbocycles. The number of carbonyl (C=O) groups excluding carboxylic acids is 2. The van der Waals surface area contributed by atoms with Gasteiger partial charge in [-0.05, 0) is 56.9 Å². The summed E-state index contributed by atoms with van der Waals surface area (Å²) >= 11 is 0. The van der Waals surface area contributed by atoms with Crippen molar-refractivity contribution in [3.63, 3.8) is 0 Å². The first-order valence-corrected chi connectivity index (χ1v) is 11.3. The molecule has 4 rings (SSSR count). The quantitative estimate of drug-likeness (QED) is 0.715. The van der Waals surface area contributed by atoms with Crippen LogP contribution in [0.5, 0.6) is 0 Å². The molecule has 3 heterocycles.